The summed E-state index contributed by atoms with van der Waals surface area (Å²) in [7, 11) is -4.75. The van der Waals surface area contributed by atoms with Gasteiger partial charge < -0.3 is 24.2 Å². The quantitative estimate of drug-likeness (QED) is 0.0197. The van der Waals surface area contributed by atoms with Crippen LogP contribution in [0.3, 0.4) is 0 Å². The van der Waals surface area contributed by atoms with E-state index < -0.39 is 57.8 Å². The van der Waals surface area contributed by atoms with Crippen LogP contribution < -0.4 is 0 Å². The highest BCUT2D eigenvalue weighted by atomic mass is 31.2. The fourth-order valence-corrected chi connectivity index (χ4v) is 10.4. The van der Waals surface area contributed by atoms with Crippen LogP contribution in [-0.4, -0.2) is 66.5 Å². The molecule has 0 aromatic heterocycles. The van der Waals surface area contributed by atoms with Gasteiger partial charge >= 0.3 is 25.7 Å². The zero-order valence-electron chi connectivity index (χ0n) is 52.1. The molecule has 12 heteroatoms. The van der Waals surface area contributed by atoms with Crippen molar-refractivity contribution < 1.29 is 52.2 Å². The Kier molecular flexibility index (Phi) is 60.5. The van der Waals surface area contributed by atoms with E-state index in [4.69, 9.17) is 23.3 Å². The molecule has 468 valence electrons. The third-order valence-corrected chi connectivity index (χ3v) is 15.7. The van der Waals surface area contributed by atoms with E-state index in [0.717, 1.165) is 89.9 Å². The summed E-state index contributed by atoms with van der Waals surface area (Å²) in [5, 5.41) is 9.86. The topological polar surface area (TPSA) is 155 Å². The van der Waals surface area contributed by atoms with Crippen LogP contribution in [0.5, 0.6) is 0 Å². The number of phosphoric acid groups is 1. The number of aliphatic hydroxyl groups excluding tert-OH is 1. The van der Waals surface area contributed by atoms with E-state index in [1.165, 1.54) is 180 Å². The van der Waals surface area contributed by atoms with E-state index in [0.29, 0.717) is 19.3 Å². The van der Waals surface area contributed by atoms with Crippen LogP contribution in [0.1, 0.15) is 329 Å². The van der Waals surface area contributed by atoms with E-state index in [2.05, 4.69) is 69.4 Å². The predicted octanol–water partition coefficient (Wildman–Crippen LogP) is 20.5. The minimum absolute atomic E-state index is 0.165. The highest BCUT2D eigenvalue weighted by Crippen LogP contribution is 2.43. The van der Waals surface area contributed by atoms with E-state index in [1.807, 2.05) is 0 Å². The Hall–Kier alpha value is -2.56. The standard InChI is InChI=1S/C68H125O11P/c1-4-7-10-13-16-19-22-25-28-30-32-34-37-39-42-45-48-51-54-57-66(70)75-61-65(79-68(72)59-56-53-50-47-44-41-38-35-33-31-29-26-23-20-17-14-11-8-5-2)63-77-80(73,74)76-62-64(60-69)78-67(71)58-55-52-49-46-43-40-36-27-24-21-18-15-12-9-6-3/h16,19,25-26,28-29,32,34,64-65,69H,4-15,17-18,20-24,27,30-31,33,35-63H2,1-3H3,(H,73,74)/b19-16-,28-25-,29-26-,34-32-. The van der Waals surface area contributed by atoms with Crippen molar-refractivity contribution in [3.63, 3.8) is 0 Å². The Morgan fingerprint density at radius 3 is 0.975 bits per heavy atom. The van der Waals surface area contributed by atoms with Gasteiger partial charge in [-0.25, -0.2) is 4.57 Å². The van der Waals surface area contributed by atoms with Gasteiger partial charge in [0.1, 0.15) is 12.7 Å². The number of rotatable bonds is 63. The molecule has 11 nitrogen and oxygen atoms in total. The molecule has 0 aliphatic rings. The fourth-order valence-electron chi connectivity index (χ4n) is 9.60. The van der Waals surface area contributed by atoms with Crippen molar-refractivity contribution in [2.45, 2.75) is 341 Å². The third-order valence-electron chi connectivity index (χ3n) is 14.7. The molecule has 0 rings (SSSR count). The van der Waals surface area contributed by atoms with Gasteiger partial charge in [-0.15, -0.1) is 0 Å². The van der Waals surface area contributed by atoms with Gasteiger partial charge in [-0.3, -0.25) is 23.4 Å². The normalized spacial score (nSPS) is 13.5. The summed E-state index contributed by atoms with van der Waals surface area (Å²) < 4.78 is 39.7. The number of unbranched alkanes of at least 4 members (excludes halogenated alkanes) is 38. The van der Waals surface area contributed by atoms with Crippen LogP contribution in [0.25, 0.3) is 0 Å². The summed E-state index contributed by atoms with van der Waals surface area (Å²) in [5.74, 6) is -1.46. The molecule has 0 saturated heterocycles. The van der Waals surface area contributed by atoms with Crippen LogP contribution in [0.15, 0.2) is 48.6 Å². The molecular formula is C68H125O11P. The second-order valence-corrected chi connectivity index (χ2v) is 24.1. The SMILES string of the molecule is CCCCC/C=C\C/C=C\C/C=C\CCCCCCCCC(=O)OCC(COP(=O)(O)OCC(CO)OC(=O)CCCCCCCCCCCCCCCCC)OC(=O)CCCCCCCCCCC/C=C\CCCCCCCC. The monoisotopic (exact) mass is 1150 g/mol. The molecule has 0 aliphatic carbocycles. The van der Waals surface area contributed by atoms with E-state index >= 15 is 0 Å². The maximum atomic E-state index is 13.0. The fraction of sp³-hybridized carbons (Fsp3) is 0.838. The smallest absolute Gasteiger partial charge is 0.462 e. The van der Waals surface area contributed by atoms with Gasteiger partial charge in [0.2, 0.25) is 0 Å². The summed E-state index contributed by atoms with van der Waals surface area (Å²) >= 11 is 0. The largest absolute Gasteiger partial charge is 0.472 e. The van der Waals surface area contributed by atoms with Crippen molar-refractivity contribution in [3.8, 4) is 0 Å². The van der Waals surface area contributed by atoms with Crippen LogP contribution in [0.4, 0.5) is 0 Å². The number of phosphoric ester groups is 1. The molecule has 3 unspecified atom stereocenters. The molecule has 80 heavy (non-hydrogen) atoms. The van der Waals surface area contributed by atoms with Gasteiger partial charge in [-0.2, -0.15) is 0 Å². The molecule has 0 heterocycles. The molecule has 0 aromatic rings. The van der Waals surface area contributed by atoms with Gasteiger partial charge in [0.15, 0.2) is 6.10 Å². The first kappa shape index (κ1) is 77.4. The molecule has 0 fully saturated rings. The molecule has 0 radical (unpaired) electrons. The van der Waals surface area contributed by atoms with E-state index in [-0.39, 0.29) is 25.9 Å². The van der Waals surface area contributed by atoms with Gasteiger partial charge in [0, 0.05) is 19.3 Å². The van der Waals surface area contributed by atoms with Crippen LogP contribution in [-0.2, 0) is 42.2 Å². The Balaban J connectivity index is 4.69. The number of hydrogen-bond acceptors (Lipinski definition) is 10. The second kappa shape index (κ2) is 62.5. The average molecular weight is 1150 g/mol. The van der Waals surface area contributed by atoms with Crippen molar-refractivity contribution in [1.82, 2.24) is 0 Å². The molecule has 0 amide bonds. The minimum Gasteiger partial charge on any atom is -0.462 e. The summed E-state index contributed by atoms with van der Waals surface area (Å²) in [4.78, 5) is 48.8. The lowest BCUT2D eigenvalue weighted by Crippen LogP contribution is -2.30. The first-order valence-electron chi connectivity index (χ1n) is 33.5. The lowest BCUT2D eigenvalue weighted by atomic mass is 10.0. The molecular weight excluding hydrogens is 1020 g/mol. The molecule has 0 saturated carbocycles. The summed E-state index contributed by atoms with van der Waals surface area (Å²) in [6.07, 6.45) is 69.1. The third kappa shape index (κ3) is 60.0. The predicted molar refractivity (Wildman–Crippen MR) is 335 cm³/mol. The Morgan fingerprint density at radius 2 is 0.613 bits per heavy atom. The lowest BCUT2D eigenvalue weighted by Gasteiger charge is -2.21. The molecule has 0 bridgehead atoms. The van der Waals surface area contributed by atoms with E-state index in [1.54, 1.807) is 0 Å². The van der Waals surface area contributed by atoms with Gasteiger partial charge in [0.25, 0.3) is 0 Å². The molecule has 3 atom stereocenters. The van der Waals surface area contributed by atoms with Gasteiger partial charge in [0.05, 0.1) is 19.8 Å². The zero-order chi connectivity index (χ0) is 58.3. The maximum Gasteiger partial charge on any atom is 0.472 e. The Labute approximate surface area is 492 Å². The van der Waals surface area contributed by atoms with Crippen LogP contribution in [0.2, 0.25) is 0 Å². The molecule has 0 spiro atoms. The van der Waals surface area contributed by atoms with Crippen molar-refractivity contribution in [2.24, 2.45) is 0 Å². The maximum absolute atomic E-state index is 13.0. The average Bonchev–Trinajstić information content (AvgIpc) is 3.45. The Bertz CT molecular complexity index is 1530. The van der Waals surface area contributed by atoms with Crippen molar-refractivity contribution in [3.05, 3.63) is 48.6 Å². The first-order valence-corrected chi connectivity index (χ1v) is 35.0. The summed E-state index contributed by atoms with van der Waals surface area (Å²) in [6.45, 7) is 4.67. The number of esters is 3. The number of ether oxygens (including phenoxy) is 3. The summed E-state index contributed by atoms with van der Waals surface area (Å²) in [6, 6.07) is 0. The number of carbonyl (C=O) groups is 3. The Morgan fingerprint density at radius 1 is 0.350 bits per heavy atom. The number of carbonyl (C=O) groups excluding carboxylic acids is 3. The lowest BCUT2D eigenvalue weighted by molar-refractivity contribution is -0.161. The minimum atomic E-state index is -4.75. The highest BCUT2D eigenvalue weighted by Gasteiger charge is 2.28. The zero-order valence-corrected chi connectivity index (χ0v) is 53.0. The molecule has 0 aromatic carbocycles. The highest BCUT2D eigenvalue weighted by molar-refractivity contribution is 7.47. The van der Waals surface area contributed by atoms with Crippen LogP contribution >= 0.6 is 7.82 Å². The van der Waals surface area contributed by atoms with Gasteiger partial charge in [-0.1, -0.05) is 275 Å². The molecule has 0 aliphatic heterocycles. The van der Waals surface area contributed by atoms with Crippen LogP contribution in [0, 0.1) is 0 Å². The summed E-state index contributed by atoms with van der Waals surface area (Å²) in [5.41, 5.74) is 0. The number of aliphatic hydroxyl groups is 1. The molecule has 2 N–H and O–H groups in total. The van der Waals surface area contributed by atoms with Crippen molar-refractivity contribution in [1.29, 1.82) is 0 Å². The number of hydrogen-bond donors (Lipinski definition) is 2. The van der Waals surface area contributed by atoms with Crippen molar-refractivity contribution in [2.75, 3.05) is 26.4 Å². The second-order valence-electron chi connectivity index (χ2n) is 22.6. The first-order chi connectivity index (χ1) is 39.2. The van der Waals surface area contributed by atoms with Gasteiger partial charge in [-0.05, 0) is 83.5 Å². The number of allylic oxidation sites excluding steroid dienone is 8. The van der Waals surface area contributed by atoms with Crippen molar-refractivity contribution >= 4 is 25.7 Å². The van der Waals surface area contributed by atoms with E-state index in [9.17, 15) is 28.9 Å².